The molecule has 5 rings (SSSR count). The minimum absolute atomic E-state index is 0.141. The first-order valence-electron chi connectivity index (χ1n) is 14.0. The molecule has 3 aromatic rings. The largest absolute Gasteiger partial charge is 0.507 e. The number of phenols is 1. The van der Waals surface area contributed by atoms with Gasteiger partial charge >= 0.3 is 6.09 Å². The van der Waals surface area contributed by atoms with E-state index in [0.717, 1.165) is 31.1 Å². The molecule has 12 nitrogen and oxygen atoms in total. The van der Waals surface area contributed by atoms with Gasteiger partial charge in [-0.1, -0.05) is 12.1 Å². The Balaban J connectivity index is 1.26. The molecule has 2 fully saturated rings. The fourth-order valence-corrected chi connectivity index (χ4v) is 5.21. The molecule has 0 unspecified atom stereocenters. The van der Waals surface area contributed by atoms with Crippen molar-refractivity contribution in [2.24, 2.45) is 0 Å². The Labute approximate surface area is 241 Å². The van der Waals surface area contributed by atoms with Gasteiger partial charge in [-0.15, -0.1) is 10.2 Å². The average Bonchev–Trinajstić information content (AvgIpc) is 2.96. The van der Waals surface area contributed by atoms with Crippen molar-refractivity contribution < 1.29 is 14.6 Å². The number of phenolic OH excluding ortho intramolecular Hbond substituents is 1. The number of nitrogens with one attached hydrogen (secondary N) is 1. The van der Waals surface area contributed by atoms with Crippen molar-refractivity contribution in [3.63, 3.8) is 0 Å². The monoisotopic (exact) mass is 561 g/mol. The van der Waals surface area contributed by atoms with Gasteiger partial charge in [0.25, 0.3) is 0 Å². The minimum Gasteiger partial charge on any atom is -0.507 e. The molecule has 2 aromatic heterocycles. The Morgan fingerprint density at radius 1 is 1.02 bits per heavy atom. The number of para-hydroxylation sites is 1. The van der Waals surface area contributed by atoms with Crippen LogP contribution in [0.4, 0.5) is 28.1 Å². The molecular weight excluding hydrogens is 522 g/mol. The lowest BCUT2D eigenvalue weighted by molar-refractivity contribution is 0.0240. The molecule has 0 spiro atoms. The van der Waals surface area contributed by atoms with E-state index in [-0.39, 0.29) is 17.9 Å². The van der Waals surface area contributed by atoms with Crippen molar-refractivity contribution in [2.45, 2.75) is 39.3 Å². The zero-order valence-corrected chi connectivity index (χ0v) is 24.4. The third kappa shape index (κ3) is 6.36. The number of piperazine rings is 2. The molecule has 0 aliphatic carbocycles. The standard InChI is InChI=1S/C29H39N9O3/c1-20-19-37(16-17-38(20)23-18-22(33-34-26(23)30-5)21-8-6-7-9-24(21)39)27-31-11-10-25(32-27)35-12-14-36(15-13-35)28(40)41-29(2,3)4/h6-11,18,20,39H,12-17,19H2,1-5H3,(H,30,34)/t20-/m0/s1. The molecule has 1 amide bonds. The van der Waals surface area contributed by atoms with Crippen LogP contribution in [0.2, 0.25) is 0 Å². The lowest BCUT2D eigenvalue weighted by Crippen LogP contribution is -2.53. The van der Waals surface area contributed by atoms with Crippen LogP contribution in [0.25, 0.3) is 11.3 Å². The van der Waals surface area contributed by atoms with E-state index in [0.29, 0.717) is 49.2 Å². The molecule has 218 valence electrons. The SMILES string of the molecule is CNc1nnc(-c2ccccc2O)cc1N1CCN(c2nccc(N3CCN(C(=O)OC(C)(C)C)CC3)n2)C[C@@H]1C. The Morgan fingerprint density at radius 3 is 2.44 bits per heavy atom. The fourth-order valence-electron chi connectivity index (χ4n) is 5.21. The average molecular weight is 562 g/mol. The van der Waals surface area contributed by atoms with E-state index in [9.17, 15) is 9.90 Å². The Bertz CT molecular complexity index is 1370. The number of ether oxygens (including phenoxy) is 1. The molecule has 12 heteroatoms. The number of hydrogen-bond donors (Lipinski definition) is 2. The van der Waals surface area contributed by atoms with Gasteiger partial charge in [-0.05, 0) is 52.0 Å². The zero-order valence-electron chi connectivity index (χ0n) is 24.4. The number of carbonyl (C=O) groups excluding carboxylic acids is 1. The Kier molecular flexibility index (Phi) is 8.00. The lowest BCUT2D eigenvalue weighted by atomic mass is 10.1. The second-order valence-corrected chi connectivity index (χ2v) is 11.4. The summed E-state index contributed by atoms with van der Waals surface area (Å²) in [7, 11) is 1.83. The first kappa shape index (κ1) is 28.2. The van der Waals surface area contributed by atoms with E-state index in [1.54, 1.807) is 23.2 Å². The first-order valence-corrected chi connectivity index (χ1v) is 14.0. The minimum atomic E-state index is -0.507. The van der Waals surface area contributed by atoms with Crippen molar-refractivity contribution in [2.75, 3.05) is 72.9 Å². The van der Waals surface area contributed by atoms with Gasteiger partial charge in [-0.25, -0.2) is 9.78 Å². The fraction of sp³-hybridized carbons (Fsp3) is 0.483. The molecule has 2 saturated heterocycles. The van der Waals surface area contributed by atoms with Crippen LogP contribution in [-0.2, 0) is 4.74 Å². The normalized spacial score (nSPS) is 17.9. The van der Waals surface area contributed by atoms with Crippen molar-refractivity contribution in [1.82, 2.24) is 25.1 Å². The maximum absolute atomic E-state index is 12.4. The molecule has 1 aromatic carbocycles. The summed E-state index contributed by atoms with van der Waals surface area (Å²) >= 11 is 0. The van der Waals surface area contributed by atoms with E-state index < -0.39 is 5.60 Å². The number of benzene rings is 1. The van der Waals surface area contributed by atoms with Crippen LogP contribution < -0.4 is 20.0 Å². The maximum atomic E-state index is 12.4. The molecule has 2 N–H and O–H groups in total. The molecule has 41 heavy (non-hydrogen) atoms. The van der Waals surface area contributed by atoms with Gasteiger partial charge in [0.2, 0.25) is 5.95 Å². The number of amides is 1. The summed E-state index contributed by atoms with van der Waals surface area (Å²) in [6.45, 7) is 12.5. The topological polar surface area (TPSA) is 123 Å². The van der Waals surface area contributed by atoms with E-state index in [1.165, 1.54) is 0 Å². The molecule has 4 heterocycles. The Hall–Kier alpha value is -4.35. The van der Waals surface area contributed by atoms with Crippen molar-refractivity contribution >= 4 is 29.4 Å². The van der Waals surface area contributed by atoms with Crippen LogP contribution >= 0.6 is 0 Å². The number of aromatic nitrogens is 4. The van der Waals surface area contributed by atoms with Gasteiger partial charge in [0, 0.05) is 70.7 Å². The van der Waals surface area contributed by atoms with E-state index in [1.807, 2.05) is 52.1 Å². The third-order valence-electron chi connectivity index (χ3n) is 7.29. The van der Waals surface area contributed by atoms with Gasteiger partial charge in [0.1, 0.15) is 17.2 Å². The highest BCUT2D eigenvalue weighted by atomic mass is 16.6. The number of hydrogen-bond acceptors (Lipinski definition) is 11. The lowest BCUT2D eigenvalue weighted by Gasteiger charge is -2.42. The summed E-state index contributed by atoms with van der Waals surface area (Å²) in [6, 6.07) is 11.2. The molecule has 0 radical (unpaired) electrons. The molecule has 1 atom stereocenters. The van der Waals surface area contributed by atoms with Crippen LogP contribution in [0.5, 0.6) is 5.75 Å². The molecule has 2 aliphatic rings. The first-order chi connectivity index (χ1) is 19.6. The maximum Gasteiger partial charge on any atom is 0.410 e. The summed E-state index contributed by atoms with van der Waals surface area (Å²) in [5.41, 5.74) is 1.69. The van der Waals surface area contributed by atoms with Gasteiger partial charge in [-0.3, -0.25) is 0 Å². The van der Waals surface area contributed by atoms with Crippen molar-refractivity contribution in [1.29, 1.82) is 0 Å². The number of anilines is 4. The third-order valence-corrected chi connectivity index (χ3v) is 7.29. The number of carbonyl (C=O) groups is 1. The smallest absolute Gasteiger partial charge is 0.410 e. The number of rotatable bonds is 5. The summed E-state index contributed by atoms with van der Waals surface area (Å²) in [4.78, 5) is 30.4. The highest BCUT2D eigenvalue weighted by molar-refractivity contribution is 5.75. The summed E-state index contributed by atoms with van der Waals surface area (Å²) in [5, 5.41) is 22.3. The molecule has 0 saturated carbocycles. The quantitative estimate of drug-likeness (QED) is 0.476. The summed E-state index contributed by atoms with van der Waals surface area (Å²) in [6.07, 6.45) is 1.53. The van der Waals surface area contributed by atoms with Gasteiger partial charge < -0.3 is 34.8 Å². The summed E-state index contributed by atoms with van der Waals surface area (Å²) in [5.74, 6) is 2.41. The Morgan fingerprint density at radius 2 is 1.76 bits per heavy atom. The van der Waals surface area contributed by atoms with Crippen molar-refractivity contribution in [3.8, 4) is 17.0 Å². The van der Waals surface area contributed by atoms with Gasteiger partial charge in [-0.2, -0.15) is 4.98 Å². The van der Waals surface area contributed by atoms with Gasteiger partial charge in [0.15, 0.2) is 5.82 Å². The van der Waals surface area contributed by atoms with Crippen LogP contribution in [0, 0.1) is 0 Å². The predicted molar refractivity (Wildman–Crippen MR) is 160 cm³/mol. The van der Waals surface area contributed by atoms with E-state index in [4.69, 9.17) is 9.72 Å². The second kappa shape index (κ2) is 11.6. The van der Waals surface area contributed by atoms with Gasteiger partial charge in [0.05, 0.1) is 11.4 Å². The number of aromatic hydroxyl groups is 1. The zero-order chi connectivity index (χ0) is 29.1. The van der Waals surface area contributed by atoms with Crippen LogP contribution in [0.15, 0.2) is 42.6 Å². The van der Waals surface area contributed by atoms with Crippen molar-refractivity contribution in [3.05, 3.63) is 42.6 Å². The van der Waals surface area contributed by atoms with E-state index >= 15 is 0 Å². The summed E-state index contributed by atoms with van der Waals surface area (Å²) < 4.78 is 5.53. The van der Waals surface area contributed by atoms with Crippen LogP contribution in [-0.4, -0.2) is 101 Å². The molecule has 2 aliphatic heterocycles. The highest BCUT2D eigenvalue weighted by Crippen LogP contribution is 2.34. The molecule has 0 bridgehead atoms. The molecular formula is C29H39N9O3. The predicted octanol–water partition coefficient (Wildman–Crippen LogP) is 3.45. The second-order valence-electron chi connectivity index (χ2n) is 11.4. The number of nitrogens with zero attached hydrogens (tertiary/aromatic N) is 8. The van der Waals surface area contributed by atoms with Crippen LogP contribution in [0.1, 0.15) is 27.7 Å². The van der Waals surface area contributed by atoms with Crippen LogP contribution in [0.3, 0.4) is 0 Å². The van der Waals surface area contributed by atoms with E-state index in [2.05, 4.69) is 42.1 Å². The highest BCUT2D eigenvalue weighted by Gasteiger charge is 2.30.